The van der Waals surface area contributed by atoms with Crippen LogP contribution >= 0.6 is 0 Å². The molecule has 1 saturated heterocycles. The van der Waals surface area contributed by atoms with Gasteiger partial charge in [-0.1, -0.05) is 18.2 Å². The lowest BCUT2D eigenvalue weighted by molar-refractivity contribution is -0.121. The maximum atomic E-state index is 12.9. The molecule has 2 aromatic carbocycles. The van der Waals surface area contributed by atoms with Crippen LogP contribution in [0.3, 0.4) is 0 Å². The molecule has 1 fully saturated rings. The summed E-state index contributed by atoms with van der Waals surface area (Å²) in [6, 6.07) is 15.1. The van der Waals surface area contributed by atoms with Crippen LogP contribution in [-0.2, 0) is 4.79 Å². The summed E-state index contributed by atoms with van der Waals surface area (Å²) in [7, 11) is 0. The van der Waals surface area contributed by atoms with E-state index in [0.29, 0.717) is 18.8 Å². The number of carbonyl (C=O) groups excluding carboxylic acids is 1. The van der Waals surface area contributed by atoms with Crippen LogP contribution in [0.25, 0.3) is 0 Å². The van der Waals surface area contributed by atoms with E-state index in [9.17, 15) is 14.3 Å². The fourth-order valence-electron chi connectivity index (χ4n) is 3.28. The summed E-state index contributed by atoms with van der Waals surface area (Å²) in [5.74, 6) is 0.123. The Morgan fingerprint density at radius 3 is 2.70 bits per heavy atom. The van der Waals surface area contributed by atoms with Crippen LogP contribution < -0.4 is 10.1 Å². The van der Waals surface area contributed by atoms with Crippen molar-refractivity contribution in [3.8, 4) is 5.75 Å². The lowest BCUT2D eigenvalue weighted by Gasteiger charge is -2.33. The second kappa shape index (κ2) is 9.48. The van der Waals surface area contributed by atoms with Crippen LogP contribution in [0.5, 0.6) is 5.75 Å². The molecule has 0 saturated carbocycles. The highest BCUT2D eigenvalue weighted by atomic mass is 19.1. The second-order valence-electron chi connectivity index (χ2n) is 6.87. The third-order valence-corrected chi connectivity index (χ3v) is 4.64. The third-order valence-electron chi connectivity index (χ3n) is 4.64. The van der Waals surface area contributed by atoms with Gasteiger partial charge in [-0.25, -0.2) is 4.39 Å². The fourth-order valence-corrected chi connectivity index (χ4v) is 3.28. The van der Waals surface area contributed by atoms with Crippen LogP contribution in [0.4, 0.5) is 10.1 Å². The molecular formula is C21H25FN2O3. The highest BCUT2D eigenvalue weighted by molar-refractivity contribution is 5.92. The summed E-state index contributed by atoms with van der Waals surface area (Å²) >= 11 is 0. The molecule has 27 heavy (non-hydrogen) atoms. The maximum Gasteiger partial charge on any atom is 0.228 e. The van der Waals surface area contributed by atoms with Crippen molar-refractivity contribution in [2.75, 3.05) is 31.6 Å². The lowest BCUT2D eigenvalue weighted by atomic mass is 9.96. The Bertz CT molecular complexity index is 724. The normalized spacial score (nSPS) is 18.7. The van der Waals surface area contributed by atoms with Crippen LogP contribution in [0.2, 0.25) is 0 Å². The van der Waals surface area contributed by atoms with Crippen molar-refractivity contribution < 1.29 is 19.0 Å². The molecule has 2 N–H and O–H groups in total. The molecule has 2 atom stereocenters. The van der Waals surface area contributed by atoms with Gasteiger partial charge in [0.1, 0.15) is 24.3 Å². The number of para-hydroxylation sites is 1. The van der Waals surface area contributed by atoms with E-state index >= 15 is 0 Å². The summed E-state index contributed by atoms with van der Waals surface area (Å²) < 4.78 is 18.4. The molecule has 0 spiro atoms. The predicted molar refractivity (Wildman–Crippen MR) is 102 cm³/mol. The van der Waals surface area contributed by atoms with E-state index in [4.69, 9.17) is 4.74 Å². The number of anilines is 1. The fraction of sp³-hybridized carbons (Fsp3) is 0.381. The van der Waals surface area contributed by atoms with Crippen molar-refractivity contribution in [2.45, 2.75) is 18.9 Å². The number of ether oxygens (including phenoxy) is 1. The van der Waals surface area contributed by atoms with Crippen molar-refractivity contribution in [3.05, 3.63) is 60.4 Å². The van der Waals surface area contributed by atoms with E-state index in [0.717, 1.165) is 25.1 Å². The van der Waals surface area contributed by atoms with Gasteiger partial charge in [0.2, 0.25) is 5.91 Å². The average molecular weight is 372 g/mol. The number of aliphatic hydroxyl groups excluding tert-OH is 1. The minimum Gasteiger partial charge on any atom is -0.491 e. The first-order chi connectivity index (χ1) is 13.1. The Balaban J connectivity index is 1.44. The number of halogens is 1. The number of β-amino-alcohol motifs (C(OH)–C–C–N with tert-alkyl or cyclic N) is 1. The summed E-state index contributed by atoms with van der Waals surface area (Å²) in [5, 5.41) is 13.2. The minimum atomic E-state index is -0.675. The Kier molecular flexibility index (Phi) is 6.79. The Labute approximate surface area is 158 Å². The van der Waals surface area contributed by atoms with Gasteiger partial charge in [0.15, 0.2) is 0 Å². The molecule has 6 heteroatoms. The molecule has 0 aromatic heterocycles. The first kappa shape index (κ1) is 19.3. The number of likely N-dealkylation sites (tertiary alicyclic amines) is 1. The molecule has 2 aromatic rings. The maximum absolute atomic E-state index is 12.9. The zero-order valence-corrected chi connectivity index (χ0v) is 15.2. The van der Waals surface area contributed by atoms with E-state index in [1.54, 1.807) is 0 Å². The molecule has 1 amide bonds. The highest BCUT2D eigenvalue weighted by Crippen LogP contribution is 2.19. The van der Waals surface area contributed by atoms with E-state index < -0.39 is 6.10 Å². The zero-order chi connectivity index (χ0) is 19.1. The van der Waals surface area contributed by atoms with Gasteiger partial charge in [-0.3, -0.25) is 9.69 Å². The van der Waals surface area contributed by atoms with Gasteiger partial charge in [-0.2, -0.15) is 0 Å². The number of piperidine rings is 1. The van der Waals surface area contributed by atoms with E-state index in [-0.39, 0.29) is 24.2 Å². The molecule has 1 heterocycles. The molecule has 2 unspecified atom stereocenters. The second-order valence-corrected chi connectivity index (χ2v) is 6.87. The van der Waals surface area contributed by atoms with Crippen molar-refractivity contribution in [1.82, 2.24) is 4.90 Å². The van der Waals surface area contributed by atoms with Gasteiger partial charge in [-0.05, 0) is 55.8 Å². The number of nitrogens with zero attached hydrogens (tertiary/aromatic N) is 1. The van der Waals surface area contributed by atoms with Crippen LogP contribution in [0, 0.1) is 11.7 Å². The number of rotatable bonds is 7. The summed E-state index contributed by atoms with van der Waals surface area (Å²) in [4.78, 5) is 14.6. The van der Waals surface area contributed by atoms with Gasteiger partial charge >= 0.3 is 0 Å². The van der Waals surface area contributed by atoms with Crippen molar-refractivity contribution in [3.63, 3.8) is 0 Å². The molecule has 0 radical (unpaired) electrons. The van der Waals surface area contributed by atoms with E-state index in [2.05, 4.69) is 10.2 Å². The molecular weight excluding hydrogens is 347 g/mol. The third kappa shape index (κ3) is 6.05. The Hall–Kier alpha value is -2.44. The Morgan fingerprint density at radius 1 is 1.22 bits per heavy atom. The number of hydrogen-bond acceptors (Lipinski definition) is 4. The molecule has 5 nitrogen and oxygen atoms in total. The highest BCUT2D eigenvalue weighted by Gasteiger charge is 2.27. The lowest BCUT2D eigenvalue weighted by Crippen LogP contribution is -2.44. The van der Waals surface area contributed by atoms with Crippen LogP contribution in [-0.4, -0.2) is 48.3 Å². The van der Waals surface area contributed by atoms with E-state index in [1.165, 1.54) is 24.3 Å². The van der Waals surface area contributed by atoms with Gasteiger partial charge < -0.3 is 15.2 Å². The molecule has 3 rings (SSSR count). The molecule has 144 valence electrons. The quantitative estimate of drug-likeness (QED) is 0.785. The number of benzene rings is 2. The number of hydrogen-bond donors (Lipinski definition) is 2. The molecule has 1 aliphatic heterocycles. The minimum absolute atomic E-state index is 0.0166. The number of aliphatic hydroxyl groups is 1. The van der Waals surface area contributed by atoms with Gasteiger partial charge in [0.25, 0.3) is 0 Å². The van der Waals surface area contributed by atoms with Gasteiger partial charge in [0, 0.05) is 18.8 Å². The monoisotopic (exact) mass is 372 g/mol. The number of nitrogens with one attached hydrogen (secondary N) is 1. The van der Waals surface area contributed by atoms with Gasteiger partial charge in [-0.15, -0.1) is 0 Å². The SMILES string of the molecule is O=C(Nc1ccccc1)C1CCCN(CC(O)COc2ccc(F)cc2)C1. The summed E-state index contributed by atoms with van der Waals surface area (Å²) in [5.41, 5.74) is 0.798. The zero-order valence-electron chi connectivity index (χ0n) is 15.2. The standard InChI is InChI=1S/C21H25FN2O3/c22-17-8-10-20(11-9-17)27-15-19(25)14-24-12-4-5-16(13-24)21(26)23-18-6-2-1-3-7-18/h1-3,6-11,16,19,25H,4-5,12-15H2,(H,23,26). The first-order valence-electron chi connectivity index (χ1n) is 9.25. The molecule has 0 bridgehead atoms. The van der Waals surface area contributed by atoms with Crippen molar-refractivity contribution in [2.24, 2.45) is 5.92 Å². The largest absolute Gasteiger partial charge is 0.491 e. The smallest absolute Gasteiger partial charge is 0.228 e. The van der Waals surface area contributed by atoms with Crippen LogP contribution in [0.15, 0.2) is 54.6 Å². The predicted octanol–water partition coefficient (Wildman–Crippen LogP) is 2.92. The first-order valence-corrected chi connectivity index (χ1v) is 9.25. The number of carbonyl (C=O) groups is 1. The molecule has 0 aliphatic carbocycles. The Morgan fingerprint density at radius 2 is 1.96 bits per heavy atom. The molecule has 1 aliphatic rings. The van der Waals surface area contributed by atoms with E-state index in [1.807, 2.05) is 30.3 Å². The van der Waals surface area contributed by atoms with Crippen molar-refractivity contribution in [1.29, 1.82) is 0 Å². The summed E-state index contributed by atoms with van der Waals surface area (Å²) in [6.45, 7) is 2.04. The van der Waals surface area contributed by atoms with Crippen LogP contribution in [0.1, 0.15) is 12.8 Å². The topological polar surface area (TPSA) is 61.8 Å². The van der Waals surface area contributed by atoms with Gasteiger partial charge in [0.05, 0.1) is 5.92 Å². The average Bonchev–Trinajstić information content (AvgIpc) is 2.68. The number of amides is 1. The summed E-state index contributed by atoms with van der Waals surface area (Å²) in [6.07, 6.45) is 1.08. The van der Waals surface area contributed by atoms with Crippen molar-refractivity contribution >= 4 is 11.6 Å².